The minimum absolute atomic E-state index is 0.121. The van der Waals surface area contributed by atoms with Crippen molar-refractivity contribution in [3.8, 4) is 28.8 Å². The minimum atomic E-state index is -0.474. The molecule has 9 heteroatoms. The van der Waals surface area contributed by atoms with Gasteiger partial charge >= 0.3 is 4.87 Å². The van der Waals surface area contributed by atoms with Gasteiger partial charge in [-0.3, -0.25) is 9.59 Å². The summed E-state index contributed by atoms with van der Waals surface area (Å²) in [5.41, 5.74) is 0.737. The number of carbonyl (C=O) groups is 1. The van der Waals surface area contributed by atoms with E-state index in [-0.39, 0.29) is 28.0 Å². The number of aromatic nitrogens is 1. The molecular formula is C21H14N2O6S. The highest BCUT2D eigenvalue weighted by molar-refractivity contribution is 7.10. The highest BCUT2D eigenvalue weighted by Crippen LogP contribution is 2.30. The van der Waals surface area contributed by atoms with Crippen molar-refractivity contribution in [2.75, 3.05) is 13.9 Å². The van der Waals surface area contributed by atoms with Crippen molar-refractivity contribution in [2.24, 2.45) is 4.99 Å². The van der Waals surface area contributed by atoms with Gasteiger partial charge in [-0.25, -0.2) is 9.56 Å². The van der Waals surface area contributed by atoms with Crippen molar-refractivity contribution in [3.05, 3.63) is 67.1 Å². The lowest BCUT2D eigenvalue weighted by atomic mass is 10.1. The van der Waals surface area contributed by atoms with E-state index in [1.807, 2.05) is 0 Å². The Bertz CT molecular complexity index is 1400. The second-order valence-corrected chi connectivity index (χ2v) is 7.51. The van der Waals surface area contributed by atoms with Gasteiger partial charge in [0, 0.05) is 16.9 Å². The number of fused-ring (bicyclic) bond motifs is 2. The van der Waals surface area contributed by atoms with Gasteiger partial charge in [0.05, 0.1) is 23.0 Å². The van der Waals surface area contributed by atoms with E-state index in [0.29, 0.717) is 33.5 Å². The molecule has 0 radical (unpaired) electrons. The molecule has 0 bridgehead atoms. The van der Waals surface area contributed by atoms with Gasteiger partial charge in [-0.15, -0.1) is 0 Å². The highest BCUT2D eigenvalue weighted by atomic mass is 32.1. The summed E-state index contributed by atoms with van der Waals surface area (Å²) >= 11 is 0.834. The first kappa shape index (κ1) is 18.2. The fourth-order valence-electron chi connectivity index (χ4n) is 3.24. The molecule has 0 saturated carbocycles. The average Bonchev–Trinajstić information content (AvgIpc) is 3.30. The molecular weight excluding hydrogens is 408 g/mol. The summed E-state index contributed by atoms with van der Waals surface area (Å²) in [6.45, 7) is 0.121. The molecule has 5 rings (SSSR count). The molecule has 2 aliphatic heterocycles. The number of amides is 1. The number of aromatic hydroxyl groups is 1. The van der Waals surface area contributed by atoms with Gasteiger partial charge in [0.1, 0.15) is 5.75 Å². The lowest BCUT2D eigenvalue weighted by molar-refractivity contribution is -0.114. The Kier molecular flexibility index (Phi) is 4.18. The minimum Gasteiger partial charge on any atom is -0.497 e. The number of hydrogen-bond donors (Lipinski definition) is 1. The van der Waals surface area contributed by atoms with Crippen LogP contribution in [0.4, 0.5) is 0 Å². The molecule has 3 heterocycles. The first-order valence-electron chi connectivity index (χ1n) is 8.89. The lowest BCUT2D eigenvalue weighted by Crippen LogP contribution is -2.30. The van der Waals surface area contributed by atoms with Crippen LogP contribution in [0.15, 0.2) is 51.8 Å². The maximum Gasteiger partial charge on any atom is 0.315 e. The van der Waals surface area contributed by atoms with Gasteiger partial charge in [0.25, 0.3) is 5.91 Å². The quantitative estimate of drug-likeness (QED) is 0.640. The van der Waals surface area contributed by atoms with Gasteiger partial charge < -0.3 is 19.3 Å². The molecule has 1 N–H and O–H groups in total. The summed E-state index contributed by atoms with van der Waals surface area (Å²) in [6, 6.07) is 10.1. The van der Waals surface area contributed by atoms with Crippen molar-refractivity contribution in [3.63, 3.8) is 0 Å². The molecule has 0 spiro atoms. The third kappa shape index (κ3) is 2.96. The number of benzene rings is 2. The normalized spacial score (nSPS) is 15.5. The molecule has 30 heavy (non-hydrogen) atoms. The van der Waals surface area contributed by atoms with E-state index in [1.165, 1.54) is 10.6 Å². The molecule has 0 aliphatic carbocycles. The van der Waals surface area contributed by atoms with Crippen LogP contribution in [0.3, 0.4) is 0 Å². The van der Waals surface area contributed by atoms with Crippen LogP contribution in [-0.4, -0.2) is 29.5 Å². The van der Waals surface area contributed by atoms with Crippen LogP contribution in [0.25, 0.3) is 17.8 Å². The molecule has 0 unspecified atom stereocenters. The van der Waals surface area contributed by atoms with Crippen LogP contribution < -0.4 is 29.7 Å². The Morgan fingerprint density at radius 3 is 2.63 bits per heavy atom. The first-order chi connectivity index (χ1) is 14.5. The predicted octanol–water partition coefficient (Wildman–Crippen LogP) is 1.37. The Morgan fingerprint density at radius 2 is 1.90 bits per heavy atom. The Balaban J connectivity index is 1.58. The van der Waals surface area contributed by atoms with Crippen molar-refractivity contribution in [2.45, 2.75) is 0 Å². The van der Waals surface area contributed by atoms with Gasteiger partial charge in [0.2, 0.25) is 12.7 Å². The number of nitrogens with zero attached hydrogens (tertiary/aromatic N) is 2. The molecule has 3 aromatic rings. The van der Waals surface area contributed by atoms with E-state index in [0.717, 1.165) is 11.3 Å². The van der Waals surface area contributed by atoms with E-state index in [2.05, 4.69) is 4.99 Å². The van der Waals surface area contributed by atoms with Gasteiger partial charge in [-0.2, -0.15) is 0 Å². The molecule has 0 saturated heterocycles. The Morgan fingerprint density at radius 1 is 1.17 bits per heavy atom. The molecule has 1 amide bonds. The zero-order valence-corrected chi connectivity index (χ0v) is 16.4. The predicted molar refractivity (Wildman–Crippen MR) is 109 cm³/mol. The summed E-state index contributed by atoms with van der Waals surface area (Å²) in [5, 5.41) is 11.8. The van der Waals surface area contributed by atoms with Gasteiger partial charge in [-0.05, 0) is 42.5 Å². The molecule has 0 fully saturated rings. The fourth-order valence-corrected chi connectivity index (χ4v) is 4.08. The third-order valence-electron chi connectivity index (χ3n) is 4.73. The van der Waals surface area contributed by atoms with Gasteiger partial charge in [0.15, 0.2) is 11.5 Å². The van der Waals surface area contributed by atoms with Crippen molar-refractivity contribution < 1.29 is 24.1 Å². The van der Waals surface area contributed by atoms with Crippen LogP contribution in [0.1, 0.15) is 4.88 Å². The van der Waals surface area contributed by atoms with Crippen molar-refractivity contribution in [1.29, 1.82) is 0 Å². The zero-order chi connectivity index (χ0) is 20.8. The molecule has 2 aromatic carbocycles. The second kappa shape index (κ2) is 6.89. The standard InChI is InChI=1S/C21H14N2O6S/c1-27-14-4-2-13(3-5-14)23-20(25)18(30-21(23)26)8-12-6-11-7-16-17(29-10-28-16)9-15(11)22-19(12)24/h2-9,25H,10H2,1H3/b12-8-. The highest BCUT2D eigenvalue weighted by Gasteiger charge is 2.20. The SMILES string of the molecule is COc1ccc(-n2c(O)c(/C=C3/C=c4cc5c(cc4=NC3=O)OCO5)sc2=O)cc1. The van der Waals surface area contributed by atoms with Crippen molar-refractivity contribution in [1.82, 2.24) is 4.57 Å². The number of hydrogen-bond acceptors (Lipinski definition) is 7. The van der Waals surface area contributed by atoms with Crippen LogP contribution in [0, 0.1) is 0 Å². The Labute approximate surface area is 173 Å². The smallest absolute Gasteiger partial charge is 0.315 e. The van der Waals surface area contributed by atoms with E-state index in [4.69, 9.17) is 14.2 Å². The molecule has 0 atom stereocenters. The lowest BCUT2D eigenvalue weighted by Gasteiger charge is -2.06. The largest absolute Gasteiger partial charge is 0.497 e. The number of thiazole rings is 1. The van der Waals surface area contributed by atoms with Crippen LogP contribution in [0.2, 0.25) is 0 Å². The monoisotopic (exact) mass is 422 g/mol. The molecule has 2 aliphatic rings. The fraction of sp³-hybridized carbons (Fsp3) is 0.0952. The number of methoxy groups -OCH3 is 1. The Hall–Kier alpha value is -3.85. The maximum atomic E-state index is 12.5. The van der Waals surface area contributed by atoms with Gasteiger partial charge in [-0.1, -0.05) is 11.3 Å². The zero-order valence-electron chi connectivity index (χ0n) is 15.6. The van der Waals surface area contributed by atoms with E-state index in [9.17, 15) is 14.7 Å². The number of carbonyl (C=O) groups excluding carboxylic acids is 1. The second-order valence-electron chi connectivity index (χ2n) is 6.51. The summed E-state index contributed by atoms with van der Waals surface area (Å²) < 4.78 is 17.0. The summed E-state index contributed by atoms with van der Waals surface area (Å²) in [6.07, 6.45) is 3.11. The van der Waals surface area contributed by atoms with Crippen molar-refractivity contribution >= 4 is 29.4 Å². The van der Waals surface area contributed by atoms with Crippen LogP contribution in [0.5, 0.6) is 23.1 Å². The van der Waals surface area contributed by atoms with E-state index >= 15 is 0 Å². The number of ether oxygens (including phenoxy) is 3. The molecule has 150 valence electrons. The summed E-state index contributed by atoms with van der Waals surface area (Å²) in [7, 11) is 1.54. The number of rotatable bonds is 3. The van der Waals surface area contributed by atoms with Crippen LogP contribution >= 0.6 is 11.3 Å². The molecule has 8 nitrogen and oxygen atoms in total. The third-order valence-corrected chi connectivity index (χ3v) is 5.61. The maximum absolute atomic E-state index is 12.5. The average molecular weight is 422 g/mol. The summed E-state index contributed by atoms with van der Waals surface area (Å²) in [4.78, 5) is 28.9. The van der Waals surface area contributed by atoms with E-state index in [1.54, 1.807) is 49.6 Å². The summed E-state index contributed by atoms with van der Waals surface area (Å²) in [5.74, 6) is 1.02. The van der Waals surface area contributed by atoms with E-state index < -0.39 is 5.91 Å². The molecule has 1 aromatic heterocycles. The first-order valence-corrected chi connectivity index (χ1v) is 9.70. The van der Waals surface area contributed by atoms with Crippen LogP contribution in [-0.2, 0) is 4.79 Å². The topological polar surface area (TPSA) is 99.3 Å².